The first-order valence-corrected chi connectivity index (χ1v) is 8.22. The molecule has 0 unspecified atom stereocenters. The molecule has 0 saturated carbocycles. The molecule has 2 heterocycles. The van der Waals surface area contributed by atoms with Gasteiger partial charge < -0.3 is 14.3 Å². The lowest BCUT2D eigenvalue weighted by Crippen LogP contribution is -2.18. The summed E-state index contributed by atoms with van der Waals surface area (Å²) in [6, 6.07) is 14.2. The van der Waals surface area contributed by atoms with E-state index in [-0.39, 0.29) is 23.8 Å². The van der Waals surface area contributed by atoms with E-state index in [1.807, 2.05) is 32.0 Å². The molecule has 5 nitrogen and oxygen atoms in total. The normalized spacial score (nSPS) is 10.6. The highest BCUT2D eigenvalue weighted by Crippen LogP contribution is 2.22. The van der Waals surface area contributed by atoms with Crippen LogP contribution in [0.25, 0.3) is 0 Å². The largest absolute Gasteiger partial charge is 0.454 e. The zero-order chi connectivity index (χ0) is 17.8. The number of carbonyl (C=O) groups excluding carboxylic acids is 1. The summed E-state index contributed by atoms with van der Waals surface area (Å²) in [4.78, 5) is 24.2. The van der Waals surface area contributed by atoms with Gasteiger partial charge in [-0.25, -0.2) is 0 Å². The van der Waals surface area contributed by atoms with Gasteiger partial charge in [-0.2, -0.15) is 0 Å². The highest BCUT2D eigenvalue weighted by atomic mass is 16.4. The van der Waals surface area contributed by atoms with Gasteiger partial charge in [-0.1, -0.05) is 31.2 Å². The number of nitrogens with one attached hydrogen (secondary N) is 1. The lowest BCUT2D eigenvalue weighted by atomic mass is 10.1. The predicted octanol–water partition coefficient (Wildman–Crippen LogP) is 3.61. The highest BCUT2D eigenvalue weighted by Gasteiger charge is 2.14. The molecule has 0 atom stereocenters. The molecule has 0 saturated heterocycles. The first-order chi connectivity index (χ1) is 12.1. The van der Waals surface area contributed by atoms with E-state index in [9.17, 15) is 9.59 Å². The van der Waals surface area contributed by atoms with Crippen LogP contribution in [0.1, 0.15) is 34.4 Å². The Morgan fingerprint density at radius 1 is 1.12 bits per heavy atom. The van der Waals surface area contributed by atoms with Crippen LogP contribution in [-0.2, 0) is 13.0 Å². The molecule has 0 radical (unpaired) electrons. The lowest BCUT2D eigenvalue weighted by Gasteiger charge is -2.12. The van der Waals surface area contributed by atoms with Crippen LogP contribution in [0.3, 0.4) is 0 Å². The highest BCUT2D eigenvalue weighted by molar-refractivity contribution is 6.03. The molecule has 25 heavy (non-hydrogen) atoms. The molecule has 3 rings (SSSR count). The van der Waals surface area contributed by atoms with Gasteiger partial charge in [-0.05, 0) is 42.7 Å². The van der Waals surface area contributed by atoms with Crippen molar-refractivity contribution in [3.63, 3.8) is 0 Å². The molecule has 1 amide bonds. The van der Waals surface area contributed by atoms with Gasteiger partial charge in [0.2, 0.25) is 0 Å². The van der Waals surface area contributed by atoms with E-state index in [4.69, 9.17) is 4.42 Å². The second kappa shape index (κ2) is 7.21. The lowest BCUT2D eigenvalue weighted by molar-refractivity contribution is 0.0994. The molecular weight excluding hydrogens is 316 g/mol. The summed E-state index contributed by atoms with van der Waals surface area (Å²) in [6.07, 6.45) is 2.52. The average molecular weight is 336 g/mol. The maximum atomic E-state index is 12.5. The van der Waals surface area contributed by atoms with Crippen LogP contribution < -0.4 is 10.9 Å². The van der Waals surface area contributed by atoms with E-state index in [2.05, 4.69) is 5.32 Å². The van der Waals surface area contributed by atoms with Crippen LogP contribution in [0.15, 0.2) is 63.9 Å². The molecule has 5 heteroatoms. The maximum Gasteiger partial charge on any atom is 0.291 e. The summed E-state index contributed by atoms with van der Waals surface area (Å²) in [5.74, 6) is 0.485. The van der Waals surface area contributed by atoms with Crippen LogP contribution in [0.4, 0.5) is 5.69 Å². The molecule has 0 fully saturated rings. The molecule has 0 bridgehead atoms. The van der Waals surface area contributed by atoms with Crippen molar-refractivity contribution in [3.05, 3.63) is 87.7 Å². The van der Waals surface area contributed by atoms with E-state index in [0.29, 0.717) is 5.76 Å². The van der Waals surface area contributed by atoms with E-state index >= 15 is 0 Å². The quantitative estimate of drug-likeness (QED) is 0.774. The number of pyridine rings is 1. The number of nitrogens with zero attached hydrogens (tertiary/aromatic N) is 1. The number of para-hydroxylation sites is 1. The van der Waals surface area contributed by atoms with Gasteiger partial charge in [0.25, 0.3) is 11.5 Å². The van der Waals surface area contributed by atoms with E-state index in [0.717, 1.165) is 23.2 Å². The minimum Gasteiger partial charge on any atom is -0.454 e. The van der Waals surface area contributed by atoms with Crippen molar-refractivity contribution in [1.29, 1.82) is 0 Å². The van der Waals surface area contributed by atoms with Crippen LogP contribution in [0.2, 0.25) is 0 Å². The predicted molar refractivity (Wildman–Crippen MR) is 97.0 cm³/mol. The Kier molecular flexibility index (Phi) is 4.84. The smallest absolute Gasteiger partial charge is 0.291 e. The van der Waals surface area contributed by atoms with Gasteiger partial charge in [0.05, 0.1) is 6.54 Å². The number of hydrogen-bond donors (Lipinski definition) is 1. The second-order valence-electron chi connectivity index (χ2n) is 5.85. The van der Waals surface area contributed by atoms with Crippen molar-refractivity contribution in [2.24, 2.45) is 0 Å². The molecule has 0 aliphatic carbocycles. The van der Waals surface area contributed by atoms with Crippen LogP contribution in [-0.4, -0.2) is 10.5 Å². The fourth-order valence-electron chi connectivity index (χ4n) is 2.72. The summed E-state index contributed by atoms with van der Waals surface area (Å²) in [5.41, 5.74) is 2.80. The molecule has 2 aromatic heterocycles. The molecule has 3 aromatic rings. The van der Waals surface area contributed by atoms with Crippen molar-refractivity contribution < 1.29 is 9.21 Å². The number of aryl methyl sites for hydroxylation is 2. The number of carbonyl (C=O) groups is 1. The Bertz CT molecular complexity index is 953. The topological polar surface area (TPSA) is 64.2 Å². The zero-order valence-electron chi connectivity index (χ0n) is 14.3. The minimum atomic E-state index is -0.296. The van der Waals surface area contributed by atoms with Gasteiger partial charge in [-0.3, -0.25) is 9.59 Å². The second-order valence-corrected chi connectivity index (χ2v) is 5.85. The fraction of sp³-hybridized carbons (Fsp3) is 0.200. The third-order valence-corrected chi connectivity index (χ3v) is 4.09. The van der Waals surface area contributed by atoms with Gasteiger partial charge in [0, 0.05) is 18.0 Å². The summed E-state index contributed by atoms with van der Waals surface area (Å²) in [6.45, 7) is 4.30. The molecule has 0 aliphatic heterocycles. The van der Waals surface area contributed by atoms with Crippen molar-refractivity contribution in [3.8, 4) is 0 Å². The van der Waals surface area contributed by atoms with E-state index in [1.165, 1.54) is 10.6 Å². The minimum absolute atomic E-state index is 0.114. The maximum absolute atomic E-state index is 12.5. The number of amides is 1. The fourth-order valence-corrected chi connectivity index (χ4v) is 2.72. The third-order valence-electron chi connectivity index (χ3n) is 4.09. The molecule has 128 valence electrons. The Balaban J connectivity index is 1.78. The van der Waals surface area contributed by atoms with Crippen molar-refractivity contribution >= 4 is 11.6 Å². The van der Waals surface area contributed by atoms with Gasteiger partial charge in [0.1, 0.15) is 5.76 Å². The Morgan fingerprint density at radius 2 is 1.96 bits per heavy atom. The van der Waals surface area contributed by atoms with Gasteiger partial charge in [-0.15, -0.1) is 0 Å². The summed E-state index contributed by atoms with van der Waals surface area (Å²) in [7, 11) is 0. The number of aromatic nitrogens is 1. The van der Waals surface area contributed by atoms with Crippen LogP contribution >= 0.6 is 0 Å². The van der Waals surface area contributed by atoms with Crippen molar-refractivity contribution in [1.82, 2.24) is 4.57 Å². The monoisotopic (exact) mass is 336 g/mol. The Labute approximate surface area is 145 Å². The SMILES string of the molecule is CCc1cccc(C)c1NC(=O)c1ccc(Cn2ccccc2=O)o1. The zero-order valence-corrected chi connectivity index (χ0v) is 14.3. The first-order valence-electron chi connectivity index (χ1n) is 8.22. The number of benzene rings is 1. The molecule has 1 aromatic carbocycles. The van der Waals surface area contributed by atoms with Crippen molar-refractivity contribution in [2.45, 2.75) is 26.8 Å². The number of furan rings is 1. The van der Waals surface area contributed by atoms with Gasteiger partial charge in [0.15, 0.2) is 5.76 Å². The number of rotatable bonds is 5. The first kappa shape index (κ1) is 16.8. The summed E-state index contributed by atoms with van der Waals surface area (Å²) < 4.78 is 7.14. The molecule has 0 spiro atoms. The molecule has 1 N–H and O–H groups in total. The molecular formula is C20H20N2O3. The average Bonchev–Trinajstić information content (AvgIpc) is 3.07. The van der Waals surface area contributed by atoms with Crippen molar-refractivity contribution in [2.75, 3.05) is 5.32 Å². The molecule has 0 aliphatic rings. The summed E-state index contributed by atoms with van der Waals surface area (Å²) in [5, 5.41) is 2.93. The van der Waals surface area contributed by atoms with E-state index in [1.54, 1.807) is 30.5 Å². The van der Waals surface area contributed by atoms with Crippen LogP contribution in [0.5, 0.6) is 0 Å². The Hall–Kier alpha value is -3.08. The Morgan fingerprint density at radius 3 is 2.72 bits per heavy atom. The number of hydrogen-bond acceptors (Lipinski definition) is 3. The summed E-state index contributed by atoms with van der Waals surface area (Å²) >= 11 is 0. The van der Waals surface area contributed by atoms with Gasteiger partial charge >= 0.3 is 0 Å². The standard InChI is InChI=1S/C20H20N2O3/c1-3-15-8-6-7-14(2)19(15)21-20(24)17-11-10-16(25-17)13-22-12-5-4-9-18(22)23/h4-12H,3,13H2,1-2H3,(H,21,24). The third kappa shape index (κ3) is 3.71. The van der Waals surface area contributed by atoms with E-state index < -0.39 is 0 Å². The number of anilines is 1. The van der Waals surface area contributed by atoms with Crippen LogP contribution in [0, 0.1) is 6.92 Å².